The monoisotopic (exact) mass is 548 g/mol. The van der Waals surface area contributed by atoms with Gasteiger partial charge in [-0.05, 0) is 82.7 Å². The van der Waals surface area contributed by atoms with Gasteiger partial charge in [0.05, 0.1) is 6.07 Å². The Morgan fingerprint density at radius 2 is 1.79 bits per heavy atom. The van der Waals surface area contributed by atoms with Gasteiger partial charge in [0.15, 0.2) is 6.04 Å². The van der Waals surface area contributed by atoms with Crippen molar-refractivity contribution in [2.75, 3.05) is 0 Å². The SMILES string of the molecule is CC(C)(C)OC(=O)N([C@@H](c1ccc(F)cc1)C(F)(F)F)[C@@H](CCCCc1ccccn1)C(=O)NC1(C#N)CC1. The molecule has 0 saturated heterocycles. The summed E-state index contributed by atoms with van der Waals surface area (Å²) in [6.07, 6.45) is -2.89. The van der Waals surface area contributed by atoms with Gasteiger partial charge in [0.25, 0.3) is 0 Å². The Bertz CT molecular complexity index is 1170. The summed E-state index contributed by atoms with van der Waals surface area (Å²) in [5.74, 6) is -1.63. The minimum Gasteiger partial charge on any atom is -0.444 e. The number of halogens is 4. The van der Waals surface area contributed by atoms with Crippen LogP contribution in [0.4, 0.5) is 22.4 Å². The van der Waals surface area contributed by atoms with Gasteiger partial charge >= 0.3 is 12.3 Å². The van der Waals surface area contributed by atoms with Gasteiger partial charge in [-0.3, -0.25) is 14.7 Å². The molecule has 1 heterocycles. The van der Waals surface area contributed by atoms with Crippen molar-refractivity contribution >= 4 is 12.0 Å². The fraction of sp³-hybridized carbons (Fsp3) is 0.500. The number of carbonyl (C=O) groups is 2. The smallest absolute Gasteiger partial charge is 0.413 e. The summed E-state index contributed by atoms with van der Waals surface area (Å²) < 4.78 is 63.0. The molecule has 2 atom stereocenters. The topological polar surface area (TPSA) is 95.3 Å². The number of hydrogen-bond donors (Lipinski definition) is 1. The number of unbranched alkanes of at least 4 members (excludes halogenated alkanes) is 1. The molecule has 1 aromatic carbocycles. The Kier molecular flexibility index (Phi) is 9.20. The molecule has 0 bridgehead atoms. The second kappa shape index (κ2) is 12.0. The molecule has 2 amide bonds. The number of amides is 2. The minimum absolute atomic E-state index is 0.132. The Labute approximate surface area is 225 Å². The molecule has 1 fully saturated rings. The zero-order valence-electron chi connectivity index (χ0n) is 22.1. The molecule has 1 aliphatic rings. The van der Waals surface area contributed by atoms with Crippen LogP contribution in [0.5, 0.6) is 0 Å². The molecule has 0 spiro atoms. The van der Waals surface area contributed by atoms with Crippen LogP contribution in [0.2, 0.25) is 0 Å². The third kappa shape index (κ3) is 8.40. The van der Waals surface area contributed by atoms with Gasteiger partial charge in [-0.25, -0.2) is 9.18 Å². The van der Waals surface area contributed by atoms with Crippen molar-refractivity contribution in [2.24, 2.45) is 0 Å². The average molecular weight is 549 g/mol. The number of nitrogens with zero attached hydrogens (tertiary/aromatic N) is 3. The van der Waals surface area contributed by atoms with Gasteiger partial charge in [-0.15, -0.1) is 0 Å². The first-order valence-corrected chi connectivity index (χ1v) is 12.7. The summed E-state index contributed by atoms with van der Waals surface area (Å²) in [6.45, 7) is 4.50. The molecule has 11 heteroatoms. The molecule has 7 nitrogen and oxygen atoms in total. The number of carbonyl (C=O) groups excluding carboxylic acids is 2. The highest BCUT2D eigenvalue weighted by molar-refractivity contribution is 5.87. The van der Waals surface area contributed by atoms with Gasteiger partial charge in [0, 0.05) is 11.9 Å². The standard InChI is InChI=1S/C28H32F4N4O3/c1-26(2,3)39-25(38)36(23(28(30,31)32)19-11-13-20(29)14-12-19)22(24(37)35-27(18-33)15-16-27)10-5-4-8-21-9-6-7-17-34-21/h6-7,9,11-14,17,22-23H,4-5,8,10,15-16H2,1-3H3,(H,35,37)/t22-,23-/m0/s1. The first kappa shape index (κ1) is 29.9. The lowest BCUT2D eigenvalue weighted by atomic mass is 9.98. The van der Waals surface area contributed by atoms with Crippen LogP contribution >= 0.6 is 0 Å². The van der Waals surface area contributed by atoms with E-state index in [1.807, 2.05) is 18.2 Å². The van der Waals surface area contributed by atoms with Gasteiger partial charge in [0.1, 0.15) is 23.0 Å². The van der Waals surface area contributed by atoms with Gasteiger partial charge in [-0.1, -0.05) is 24.6 Å². The fourth-order valence-electron chi connectivity index (χ4n) is 4.17. The van der Waals surface area contributed by atoms with Crippen LogP contribution < -0.4 is 5.32 Å². The molecule has 3 rings (SSSR count). The van der Waals surface area contributed by atoms with Crippen LogP contribution in [0.3, 0.4) is 0 Å². The first-order chi connectivity index (χ1) is 18.2. The van der Waals surface area contributed by atoms with Crippen LogP contribution in [0.15, 0.2) is 48.7 Å². The third-order valence-electron chi connectivity index (χ3n) is 6.23. The summed E-state index contributed by atoms with van der Waals surface area (Å²) in [7, 11) is 0. The van der Waals surface area contributed by atoms with E-state index >= 15 is 0 Å². The van der Waals surface area contributed by atoms with Crippen molar-refractivity contribution in [3.63, 3.8) is 0 Å². The van der Waals surface area contributed by atoms with E-state index in [4.69, 9.17) is 4.74 Å². The summed E-state index contributed by atoms with van der Waals surface area (Å²) >= 11 is 0. The first-order valence-electron chi connectivity index (χ1n) is 12.7. The second-order valence-corrected chi connectivity index (χ2v) is 10.6. The summed E-state index contributed by atoms with van der Waals surface area (Å²) in [6, 6.07) is 6.74. The van der Waals surface area contributed by atoms with Crippen molar-refractivity contribution < 1.29 is 31.9 Å². The maximum atomic E-state index is 14.7. The molecule has 1 N–H and O–H groups in total. The van der Waals surface area contributed by atoms with Crippen LogP contribution in [0.25, 0.3) is 0 Å². The number of ether oxygens (including phenoxy) is 1. The van der Waals surface area contributed by atoms with Crippen LogP contribution in [-0.4, -0.2) is 45.2 Å². The molecule has 1 saturated carbocycles. The maximum Gasteiger partial charge on any atom is 0.413 e. The van der Waals surface area contributed by atoms with E-state index in [0.717, 1.165) is 30.0 Å². The zero-order valence-corrected chi connectivity index (χ0v) is 22.1. The van der Waals surface area contributed by atoms with Gasteiger partial charge in [0.2, 0.25) is 5.91 Å². The van der Waals surface area contributed by atoms with E-state index < -0.39 is 52.8 Å². The molecule has 0 radical (unpaired) electrons. The van der Waals surface area contributed by atoms with Crippen molar-refractivity contribution in [3.05, 3.63) is 65.7 Å². The molecule has 39 heavy (non-hydrogen) atoms. The largest absolute Gasteiger partial charge is 0.444 e. The van der Waals surface area contributed by atoms with E-state index in [9.17, 15) is 32.4 Å². The number of aromatic nitrogens is 1. The third-order valence-corrected chi connectivity index (χ3v) is 6.23. The normalized spacial score (nSPS) is 15.9. The summed E-state index contributed by atoms with van der Waals surface area (Å²) in [5.41, 5.74) is -1.99. The molecule has 210 valence electrons. The maximum absolute atomic E-state index is 14.7. The van der Waals surface area contributed by atoms with E-state index in [-0.39, 0.29) is 12.8 Å². The lowest BCUT2D eigenvalue weighted by Crippen LogP contribution is -2.56. The lowest BCUT2D eigenvalue weighted by Gasteiger charge is -2.39. The lowest BCUT2D eigenvalue weighted by molar-refractivity contribution is -0.190. The number of nitriles is 1. The number of alkyl halides is 3. The number of nitrogens with one attached hydrogen (secondary N) is 1. The molecule has 2 aromatic rings. The highest BCUT2D eigenvalue weighted by atomic mass is 19.4. The second-order valence-electron chi connectivity index (χ2n) is 10.6. The van der Waals surface area contributed by atoms with Crippen LogP contribution in [-0.2, 0) is 16.0 Å². The van der Waals surface area contributed by atoms with E-state index in [1.165, 1.54) is 20.8 Å². The van der Waals surface area contributed by atoms with Crippen molar-refractivity contribution in [1.29, 1.82) is 5.26 Å². The molecule has 1 aromatic heterocycles. The van der Waals surface area contributed by atoms with Crippen molar-refractivity contribution in [1.82, 2.24) is 15.2 Å². The number of aryl methyl sites for hydroxylation is 1. The van der Waals surface area contributed by atoms with Crippen LogP contribution in [0, 0.1) is 17.1 Å². The van der Waals surface area contributed by atoms with Crippen LogP contribution in [0.1, 0.15) is 70.2 Å². The quantitative estimate of drug-likeness (QED) is 0.290. The highest BCUT2D eigenvalue weighted by Crippen LogP contribution is 2.41. The molecule has 1 aliphatic carbocycles. The van der Waals surface area contributed by atoms with Gasteiger partial charge in [-0.2, -0.15) is 18.4 Å². The number of benzene rings is 1. The summed E-state index contributed by atoms with van der Waals surface area (Å²) in [4.78, 5) is 31.5. The predicted molar refractivity (Wildman–Crippen MR) is 135 cm³/mol. The number of hydrogen-bond acceptors (Lipinski definition) is 5. The number of rotatable bonds is 10. The van der Waals surface area contributed by atoms with Crippen molar-refractivity contribution in [2.45, 2.75) is 88.7 Å². The Balaban J connectivity index is 2.00. The van der Waals surface area contributed by atoms with E-state index in [1.54, 1.807) is 12.3 Å². The Morgan fingerprint density at radius 3 is 2.31 bits per heavy atom. The highest BCUT2D eigenvalue weighted by Gasteiger charge is 2.53. The fourth-order valence-corrected chi connectivity index (χ4v) is 4.17. The average Bonchev–Trinajstić information content (AvgIpc) is 3.62. The Morgan fingerprint density at radius 1 is 1.13 bits per heavy atom. The van der Waals surface area contributed by atoms with Crippen molar-refractivity contribution in [3.8, 4) is 6.07 Å². The molecular formula is C28H32F4N4O3. The van der Waals surface area contributed by atoms with E-state index in [2.05, 4.69) is 10.3 Å². The zero-order chi connectivity index (χ0) is 28.8. The Hall–Kier alpha value is -3.68. The predicted octanol–water partition coefficient (Wildman–Crippen LogP) is 6.02. The summed E-state index contributed by atoms with van der Waals surface area (Å²) in [5, 5.41) is 12.0. The molecular weight excluding hydrogens is 516 g/mol. The molecule has 0 unspecified atom stereocenters. The molecule has 0 aliphatic heterocycles. The van der Waals surface area contributed by atoms with E-state index in [0.29, 0.717) is 30.6 Å². The number of pyridine rings is 1. The van der Waals surface area contributed by atoms with Gasteiger partial charge < -0.3 is 10.1 Å². The minimum atomic E-state index is -5.03.